The SMILES string of the molecule is CCOc1ccccc1C(=S)NCc1ccc2c(c1)OCO2. The minimum absolute atomic E-state index is 0.284. The second-order valence-corrected chi connectivity index (χ2v) is 5.21. The van der Waals surface area contributed by atoms with Crippen LogP contribution >= 0.6 is 12.2 Å². The summed E-state index contributed by atoms with van der Waals surface area (Å²) < 4.78 is 16.3. The van der Waals surface area contributed by atoms with Crippen LogP contribution in [0.25, 0.3) is 0 Å². The van der Waals surface area contributed by atoms with Crippen molar-refractivity contribution in [2.45, 2.75) is 13.5 Å². The molecule has 0 aliphatic carbocycles. The van der Waals surface area contributed by atoms with E-state index in [2.05, 4.69) is 5.32 Å². The van der Waals surface area contributed by atoms with E-state index in [0.29, 0.717) is 18.1 Å². The molecule has 1 aliphatic rings. The normalized spacial score (nSPS) is 12.0. The first kappa shape index (κ1) is 14.7. The minimum Gasteiger partial charge on any atom is -0.493 e. The van der Waals surface area contributed by atoms with E-state index in [9.17, 15) is 0 Å². The first-order chi connectivity index (χ1) is 10.8. The van der Waals surface area contributed by atoms with Gasteiger partial charge in [0.25, 0.3) is 0 Å². The monoisotopic (exact) mass is 315 g/mol. The molecule has 2 aromatic carbocycles. The van der Waals surface area contributed by atoms with E-state index in [0.717, 1.165) is 28.4 Å². The van der Waals surface area contributed by atoms with Gasteiger partial charge in [0.2, 0.25) is 6.79 Å². The number of rotatable bonds is 5. The quantitative estimate of drug-likeness (QED) is 0.858. The van der Waals surface area contributed by atoms with Crippen molar-refractivity contribution in [1.82, 2.24) is 5.32 Å². The van der Waals surface area contributed by atoms with Gasteiger partial charge in [0.15, 0.2) is 11.5 Å². The molecule has 0 amide bonds. The van der Waals surface area contributed by atoms with Crippen molar-refractivity contribution in [2.24, 2.45) is 0 Å². The van der Waals surface area contributed by atoms with Crippen molar-refractivity contribution in [2.75, 3.05) is 13.4 Å². The molecule has 0 fully saturated rings. The van der Waals surface area contributed by atoms with Crippen molar-refractivity contribution in [1.29, 1.82) is 0 Å². The maximum atomic E-state index is 5.61. The van der Waals surface area contributed by atoms with Crippen LogP contribution in [0.5, 0.6) is 17.2 Å². The van der Waals surface area contributed by atoms with Gasteiger partial charge in [0, 0.05) is 6.54 Å². The largest absolute Gasteiger partial charge is 0.493 e. The highest BCUT2D eigenvalue weighted by Gasteiger charge is 2.13. The standard InChI is InChI=1S/C17H17NO3S/c1-2-19-14-6-4-3-5-13(14)17(22)18-10-12-7-8-15-16(9-12)21-11-20-15/h3-9H,2,10-11H2,1H3,(H,18,22). The molecular formula is C17H17NO3S. The van der Waals surface area contributed by atoms with Crippen LogP contribution in [0.3, 0.4) is 0 Å². The van der Waals surface area contributed by atoms with Crippen LogP contribution in [-0.2, 0) is 6.54 Å². The van der Waals surface area contributed by atoms with Crippen LogP contribution < -0.4 is 19.5 Å². The molecule has 0 spiro atoms. The summed E-state index contributed by atoms with van der Waals surface area (Å²) in [5, 5.41) is 3.26. The molecule has 0 radical (unpaired) electrons. The number of benzene rings is 2. The van der Waals surface area contributed by atoms with Crippen molar-refractivity contribution in [3.63, 3.8) is 0 Å². The summed E-state index contributed by atoms with van der Waals surface area (Å²) >= 11 is 5.47. The maximum Gasteiger partial charge on any atom is 0.231 e. The summed E-state index contributed by atoms with van der Waals surface area (Å²) in [6.45, 7) is 3.48. The van der Waals surface area contributed by atoms with E-state index in [-0.39, 0.29) is 6.79 Å². The first-order valence-corrected chi connectivity index (χ1v) is 7.57. The Morgan fingerprint density at radius 3 is 2.86 bits per heavy atom. The van der Waals surface area contributed by atoms with Crippen molar-refractivity contribution in [3.05, 3.63) is 53.6 Å². The Morgan fingerprint density at radius 2 is 2.00 bits per heavy atom. The van der Waals surface area contributed by atoms with Gasteiger partial charge in [-0.3, -0.25) is 0 Å². The smallest absolute Gasteiger partial charge is 0.231 e. The summed E-state index contributed by atoms with van der Waals surface area (Å²) in [6, 6.07) is 13.6. The van der Waals surface area contributed by atoms with E-state index in [1.165, 1.54) is 0 Å². The fourth-order valence-electron chi connectivity index (χ4n) is 2.26. The number of hydrogen-bond donors (Lipinski definition) is 1. The van der Waals surface area contributed by atoms with Gasteiger partial charge in [0.1, 0.15) is 10.7 Å². The highest BCUT2D eigenvalue weighted by Crippen LogP contribution is 2.32. The third kappa shape index (κ3) is 3.14. The molecule has 3 rings (SSSR count). The average molecular weight is 315 g/mol. The molecule has 1 N–H and O–H groups in total. The van der Waals surface area contributed by atoms with Crippen molar-refractivity contribution >= 4 is 17.2 Å². The second kappa shape index (κ2) is 6.66. The number of thiocarbonyl (C=S) groups is 1. The zero-order chi connectivity index (χ0) is 15.4. The van der Waals surface area contributed by atoms with Crippen LogP contribution in [0.1, 0.15) is 18.1 Å². The zero-order valence-corrected chi connectivity index (χ0v) is 13.1. The summed E-state index contributed by atoms with van der Waals surface area (Å²) in [5.41, 5.74) is 1.99. The van der Waals surface area contributed by atoms with Crippen molar-refractivity contribution in [3.8, 4) is 17.2 Å². The molecule has 0 bridgehead atoms. The number of nitrogens with one attached hydrogen (secondary N) is 1. The van der Waals surface area contributed by atoms with Gasteiger partial charge in [-0.1, -0.05) is 30.4 Å². The van der Waals surface area contributed by atoms with E-state index < -0.39 is 0 Å². The summed E-state index contributed by atoms with van der Waals surface area (Å²) in [5.74, 6) is 2.36. The summed E-state index contributed by atoms with van der Waals surface area (Å²) in [4.78, 5) is 0.668. The molecule has 114 valence electrons. The minimum atomic E-state index is 0.284. The van der Waals surface area contributed by atoms with Gasteiger partial charge in [-0.15, -0.1) is 0 Å². The fourth-order valence-corrected chi connectivity index (χ4v) is 2.50. The Morgan fingerprint density at radius 1 is 1.18 bits per heavy atom. The molecule has 0 aromatic heterocycles. The van der Waals surface area contributed by atoms with Crippen LogP contribution in [-0.4, -0.2) is 18.4 Å². The Labute approximate surface area is 135 Å². The van der Waals surface area contributed by atoms with E-state index in [1.807, 2.05) is 49.4 Å². The van der Waals surface area contributed by atoms with E-state index >= 15 is 0 Å². The Balaban J connectivity index is 1.67. The van der Waals surface area contributed by atoms with Gasteiger partial charge in [-0.05, 0) is 36.8 Å². The fraction of sp³-hybridized carbons (Fsp3) is 0.235. The van der Waals surface area contributed by atoms with Gasteiger partial charge in [-0.2, -0.15) is 0 Å². The van der Waals surface area contributed by atoms with Gasteiger partial charge in [-0.25, -0.2) is 0 Å². The molecule has 22 heavy (non-hydrogen) atoms. The predicted octanol–water partition coefficient (Wildman–Crippen LogP) is 3.28. The van der Waals surface area contributed by atoms with E-state index in [1.54, 1.807) is 0 Å². The third-order valence-electron chi connectivity index (χ3n) is 3.32. The Bertz CT molecular complexity index is 687. The van der Waals surface area contributed by atoms with Crippen LogP contribution in [0.4, 0.5) is 0 Å². The molecule has 5 heteroatoms. The van der Waals surface area contributed by atoms with Gasteiger partial charge >= 0.3 is 0 Å². The molecule has 0 saturated carbocycles. The topological polar surface area (TPSA) is 39.7 Å². The van der Waals surface area contributed by atoms with Crippen LogP contribution in [0.15, 0.2) is 42.5 Å². The molecule has 0 atom stereocenters. The lowest BCUT2D eigenvalue weighted by Crippen LogP contribution is -2.22. The van der Waals surface area contributed by atoms with Gasteiger partial charge < -0.3 is 19.5 Å². The zero-order valence-electron chi connectivity index (χ0n) is 12.3. The van der Waals surface area contributed by atoms with E-state index in [4.69, 9.17) is 26.4 Å². The third-order valence-corrected chi connectivity index (χ3v) is 3.69. The highest BCUT2D eigenvalue weighted by molar-refractivity contribution is 7.80. The van der Waals surface area contributed by atoms with Crippen molar-refractivity contribution < 1.29 is 14.2 Å². The number of para-hydroxylation sites is 1. The summed E-state index contributed by atoms with van der Waals surface area (Å²) in [6.07, 6.45) is 0. The molecular weight excluding hydrogens is 298 g/mol. The number of fused-ring (bicyclic) bond motifs is 1. The molecule has 0 unspecified atom stereocenters. The lowest BCUT2D eigenvalue weighted by Gasteiger charge is -2.13. The predicted molar refractivity (Wildman–Crippen MR) is 88.7 cm³/mol. The van der Waals surface area contributed by atoms with Gasteiger partial charge in [0.05, 0.1) is 12.2 Å². The van der Waals surface area contributed by atoms with Crippen LogP contribution in [0, 0.1) is 0 Å². The molecule has 2 aromatic rings. The average Bonchev–Trinajstić information content (AvgIpc) is 3.01. The Hall–Kier alpha value is -2.27. The highest BCUT2D eigenvalue weighted by atomic mass is 32.1. The lowest BCUT2D eigenvalue weighted by molar-refractivity contribution is 0.174. The molecule has 0 saturated heterocycles. The van der Waals surface area contributed by atoms with Crippen LogP contribution in [0.2, 0.25) is 0 Å². The maximum absolute atomic E-state index is 5.61. The molecule has 1 heterocycles. The molecule has 1 aliphatic heterocycles. The first-order valence-electron chi connectivity index (χ1n) is 7.16. The summed E-state index contributed by atoms with van der Waals surface area (Å²) in [7, 11) is 0. The lowest BCUT2D eigenvalue weighted by atomic mass is 10.1. The Kier molecular flexibility index (Phi) is 4.44. The molecule has 4 nitrogen and oxygen atoms in total. The number of ether oxygens (including phenoxy) is 3. The number of hydrogen-bond acceptors (Lipinski definition) is 4. The second-order valence-electron chi connectivity index (χ2n) is 4.80.